The molecule has 0 atom stereocenters. The molecule has 0 unspecified atom stereocenters. The lowest BCUT2D eigenvalue weighted by molar-refractivity contribution is 0.505. The zero-order chi connectivity index (χ0) is 14.5. The first kappa shape index (κ1) is 14.7. The molecule has 5 heteroatoms. The second kappa shape index (κ2) is 6.61. The molecule has 1 aromatic heterocycles. The Balaban J connectivity index is 1.95. The highest BCUT2D eigenvalue weighted by molar-refractivity contribution is 5.18. The minimum Gasteiger partial charge on any atom is -0.307 e. The van der Waals surface area contributed by atoms with Crippen LogP contribution in [-0.4, -0.2) is 9.78 Å². The average molecular weight is 279 g/mol. The molecule has 0 radical (unpaired) electrons. The lowest BCUT2D eigenvalue weighted by Crippen LogP contribution is -2.16. The van der Waals surface area contributed by atoms with E-state index in [2.05, 4.69) is 23.4 Å². The SMILES string of the molecule is CCc1cc(CNCc2ccc(F)c(F)c2)n(CC)n1. The van der Waals surface area contributed by atoms with E-state index in [1.807, 2.05) is 11.6 Å². The van der Waals surface area contributed by atoms with Crippen LogP contribution in [0.1, 0.15) is 30.8 Å². The molecule has 108 valence electrons. The monoisotopic (exact) mass is 279 g/mol. The fraction of sp³-hybridized carbons (Fsp3) is 0.400. The molecule has 0 saturated carbocycles. The summed E-state index contributed by atoms with van der Waals surface area (Å²) in [7, 11) is 0. The molecule has 0 aliphatic rings. The van der Waals surface area contributed by atoms with Gasteiger partial charge in [0.25, 0.3) is 0 Å². The highest BCUT2D eigenvalue weighted by atomic mass is 19.2. The van der Waals surface area contributed by atoms with E-state index in [9.17, 15) is 8.78 Å². The van der Waals surface area contributed by atoms with E-state index in [0.29, 0.717) is 13.1 Å². The fourth-order valence-corrected chi connectivity index (χ4v) is 2.09. The van der Waals surface area contributed by atoms with Gasteiger partial charge in [0.2, 0.25) is 0 Å². The predicted octanol–water partition coefficient (Wildman–Crippen LogP) is 3.03. The maximum atomic E-state index is 13.1. The Hall–Kier alpha value is -1.75. The Bertz CT molecular complexity index is 578. The second-order valence-electron chi connectivity index (χ2n) is 4.65. The van der Waals surface area contributed by atoms with Gasteiger partial charge >= 0.3 is 0 Å². The molecule has 0 amide bonds. The van der Waals surface area contributed by atoms with Crippen molar-refractivity contribution in [2.75, 3.05) is 0 Å². The van der Waals surface area contributed by atoms with E-state index in [0.717, 1.165) is 36.0 Å². The minimum atomic E-state index is -0.814. The molecule has 1 N–H and O–H groups in total. The topological polar surface area (TPSA) is 29.9 Å². The average Bonchev–Trinajstić information content (AvgIpc) is 2.85. The molecular weight excluding hydrogens is 260 g/mol. The van der Waals surface area contributed by atoms with E-state index in [-0.39, 0.29) is 0 Å². The minimum absolute atomic E-state index is 0.494. The lowest BCUT2D eigenvalue weighted by atomic mass is 10.2. The molecule has 0 aliphatic carbocycles. The number of nitrogens with zero attached hydrogens (tertiary/aromatic N) is 2. The van der Waals surface area contributed by atoms with Gasteiger partial charge in [-0.05, 0) is 37.1 Å². The van der Waals surface area contributed by atoms with Gasteiger partial charge in [-0.1, -0.05) is 13.0 Å². The van der Waals surface area contributed by atoms with Gasteiger partial charge in [0.1, 0.15) is 0 Å². The number of hydrogen-bond acceptors (Lipinski definition) is 2. The summed E-state index contributed by atoms with van der Waals surface area (Å²) in [5.41, 5.74) is 2.89. The molecule has 0 bridgehead atoms. The van der Waals surface area contributed by atoms with Gasteiger partial charge in [0.05, 0.1) is 11.4 Å². The second-order valence-corrected chi connectivity index (χ2v) is 4.65. The number of benzene rings is 1. The first-order chi connectivity index (χ1) is 9.63. The van der Waals surface area contributed by atoms with E-state index in [4.69, 9.17) is 0 Å². The smallest absolute Gasteiger partial charge is 0.159 e. The van der Waals surface area contributed by atoms with Gasteiger partial charge in [-0.3, -0.25) is 4.68 Å². The van der Waals surface area contributed by atoms with E-state index >= 15 is 0 Å². The zero-order valence-corrected chi connectivity index (χ0v) is 11.8. The van der Waals surface area contributed by atoms with Crippen LogP contribution in [0.2, 0.25) is 0 Å². The standard InChI is InChI=1S/C15H19F2N3/c1-3-12-8-13(20(4-2)19-12)10-18-9-11-5-6-14(16)15(17)7-11/h5-8,18H,3-4,9-10H2,1-2H3. The number of aromatic nitrogens is 2. The quantitative estimate of drug-likeness (QED) is 0.881. The summed E-state index contributed by atoms with van der Waals surface area (Å²) in [4.78, 5) is 0. The largest absolute Gasteiger partial charge is 0.307 e. The van der Waals surface area contributed by atoms with Gasteiger partial charge in [0.15, 0.2) is 11.6 Å². The van der Waals surface area contributed by atoms with Gasteiger partial charge in [-0.25, -0.2) is 8.78 Å². The molecule has 0 spiro atoms. The number of rotatable bonds is 6. The summed E-state index contributed by atoms with van der Waals surface area (Å²) in [6.07, 6.45) is 0.906. The molecule has 0 aliphatic heterocycles. The highest BCUT2D eigenvalue weighted by Crippen LogP contribution is 2.09. The van der Waals surface area contributed by atoms with Crippen molar-refractivity contribution in [3.05, 3.63) is 52.9 Å². The molecule has 2 rings (SSSR count). The van der Waals surface area contributed by atoms with Gasteiger partial charge in [0, 0.05) is 19.6 Å². The number of aryl methyl sites for hydroxylation is 2. The van der Waals surface area contributed by atoms with Gasteiger partial charge in [-0.15, -0.1) is 0 Å². The molecule has 20 heavy (non-hydrogen) atoms. The van der Waals surface area contributed by atoms with Crippen LogP contribution >= 0.6 is 0 Å². The summed E-state index contributed by atoms with van der Waals surface area (Å²) in [6.45, 7) is 6.09. The number of halogens is 2. The molecule has 3 nitrogen and oxygen atoms in total. The Kier molecular flexibility index (Phi) is 4.84. The van der Waals surface area contributed by atoms with Crippen LogP contribution in [0.4, 0.5) is 8.78 Å². The Morgan fingerprint density at radius 1 is 1.10 bits per heavy atom. The van der Waals surface area contributed by atoms with Crippen LogP contribution in [-0.2, 0) is 26.1 Å². The van der Waals surface area contributed by atoms with Crippen molar-refractivity contribution in [2.24, 2.45) is 0 Å². The summed E-state index contributed by atoms with van der Waals surface area (Å²) < 4.78 is 27.9. The maximum Gasteiger partial charge on any atom is 0.159 e. The number of hydrogen-bond donors (Lipinski definition) is 1. The summed E-state index contributed by atoms with van der Waals surface area (Å²) in [5, 5.41) is 7.69. The third-order valence-corrected chi connectivity index (χ3v) is 3.19. The molecule has 0 saturated heterocycles. The lowest BCUT2D eigenvalue weighted by Gasteiger charge is -2.07. The third kappa shape index (κ3) is 3.42. The maximum absolute atomic E-state index is 13.1. The molecular formula is C15H19F2N3. The summed E-state index contributed by atoms with van der Waals surface area (Å²) in [5.74, 6) is -1.62. The predicted molar refractivity (Wildman–Crippen MR) is 74.2 cm³/mol. The first-order valence-corrected chi connectivity index (χ1v) is 6.84. The fourth-order valence-electron chi connectivity index (χ4n) is 2.09. The highest BCUT2D eigenvalue weighted by Gasteiger charge is 2.06. The van der Waals surface area contributed by atoms with Crippen molar-refractivity contribution in [3.8, 4) is 0 Å². The normalized spacial score (nSPS) is 11.0. The van der Waals surface area contributed by atoms with Crippen LogP contribution < -0.4 is 5.32 Å². The van der Waals surface area contributed by atoms with Crippen molar-refractivity contribution in [1.82, 2.24) is 15.1 Å². The number of nitrogens with one attached hydrogen (secondary N) is 1. The third-order valence-electron chi connectivity index (χ3n) is 3.19. The van der Waals surface area contributed by atoms with Crippen molar-refractivity contribution in [3.63, 3.8) is 0 Å². The summed E-state index contributed by atoms with van der Waals surface area (Å²) in [6, 6.07) is 6.02. The van der Waals surface area contributed by atoms with Crippen LogP contribution in [0.3, 0.4) is 0 Å². The van der Waals surface area contributed by atoms with Crippen molar-refractivity contribution >= 4 is 0 Å². The van der Waals surface area contributed by atoms with Crippen LogP contribution in [0, 0.1) is 11.6 Å². The molecule has 2 aromatic rings. The van der Waals surface area contributed by atoms with Crippen molar-refractivity contribution in [2.45, 2.75) is 39.9 Å². The molecule has 1 aromatic carbocycles. The van der Waals surface area contributed by atoms with E-state index < -0.39 is 11.6 Å². The van der Waals surface area contributed by atoms with Crippen molar-refractivity contribution < 1.29 is 8.78 Å². The Labute approximate surface area is 117 Å². The molecule has 0 fully saturated rings. The van der Waals surface area contributed by atoms with Gasteiger partial charge < -0.3 is 5.32 Å². The van der Waals surface area contributed by atoms with Crippen LogP contribution in [0.25, 0.3) is 0 Å². The van der Waals surface area contributed by atoms with E-state index in [1.165, 1.54) is 6.07 Å². The van der Waals surface area contributed by atoms with E-state index in [1.54, 1.807) is 6.07 Å². The Morgan fingerprint density at radius 3 is 2.55 bits per heavy atom. The van der Waals surface area contributed by atoms with Crippen LogP contribution in [0.5, 0.6) is 0 Å². The van der Waals surface area contributed by atoms with Gasteiger partial charge in [-0.2, -0.15) is 5.10 Å². The first-order valence-electron chi connectivity index (χ1n) is 6.84. The Morgan fingerprint density at radius 2 is 1.90 bits per heavy atom. The zero-order valence-electron chi connectivity index (χ0n) is 11.8. The molecule has 1 heterocycles. The van der Waals surface area contributed by atoms with Crippen LogP contribution in [0.15, 0.2) is 24.3 Å². The van der Waals surface area contributed by atoms with Crippen molar-refractivity contribution in [1.29, 1.82) is 0 Å². The summed E-state index contributed by atoms with van der Waals surface area (Å²) >= 11 is 0.